The summed E-state index contributed by atoms with van der Waals surface area (Å²) in [4.78, 5) is 12.3. The van der Waals surface area contributed by atoms with Crippen LogP contribution in [-0.4, -0.2) is 26.7 Å². The SMILES string of the molecule is CCCC(CCC)C(=O)NCC(OC)c1ccccc1OC. The zero-order valence-electron chi connectivity index (χ0n) is 14.2. The van der Waals surface area contributed by atoms with Gasteiger partial charge in [0.05, 0.1) is 7.11 Å². The lowest BCUT2D eigenvalue weighted by Crippen LogP contribution is -2.34. The molecular formula is C18H29NO3. The van der Waals surface area contributed by atoms with Crippen LogP contribution in [0, 0.1) is 5.92 Å². The predicted octanol–water partition coefficient (Wildman–Crippen LogP) is 3.72. The van der Waals surface area contributed by atoms with E-state index in [0.717, 1.165) is 37.0 Å². The van der Waals surface area contributed by atoms with E-state index in [2.05, 4.69) is 19.2 Å². The molecule has 0 heterocycles. The molecule has 1 atom stereocenters. The van der Waals surface area contributed by atoms with Gasteiger partial charge in [-0.05, 0) is 18.9 Å². The minimum Gasteiger partial charge on any atom is -0.496 e. The number of para-hydroxylation sites is 1. The number of rotatable bonds is 10. The van der Waals surface area contributed by atoms with Crippen LogP contribution in [0.1, 0.15) is 51.2 Å². The van der Waals surface area contributed by atoms with Crippen molar-refractivity contribution in [2.75, 3.05) is 20.8 Å². The molecule has 1 rings (SSSR count). The van der Waals surface area contributed by atoms with E-state index in [4.69, 9.17) is 9.47 Å². The number of hydrogen-bond donors (Lipinski definition) is 1. The van der Waals surface area contributed by atoms with E-state index < -0.39 is 0 Å². The van der Waals surface area contributed by atoms with Crippen molar-refractivity contribution in [3.05, 3.63) is 29.8 Å². The first kappa shape index (κ1) is 18.5. The fraction of sp³-hybridized carbons (Fsp3) is 0.611. The summed E-state index contributed by atoms with van der Waals surface area (Å²) in [5.74, 6) is 1.01. The van der Waals surface area contributed by atoms with Crippen LogP contribution in [0.2, 0.25) is 0 Å². The minimum atomic E-state index is -0.205. The molecule has 0 fully saturated rings. The maximum atomic E-state index is 12.3. The summed E-state index contributed by atoms with van der Waals surface area (Å²) < 4.78 is 10.9. The summed E-state index contributed by atoms with van der Waals surface area (Å²) >= 11 is 0. The second-order valence-corrected chi connectivity index (χ2v) is 5.49. The van der Waals surface area contributed by atoms with Crippen LogP contribution in [0.3, 0.4) is 0 Å². The topological polar surface area (TPSA) is 47.6 Å². The van der Waals surface area contributed by atoms with Gasteiger partial charge < -0.3 is 14.8 Å². The summed E-state index contributed by atoms with van der Waals surface area (Å²) in [6.45, 7) is 4.69. The van der Waals surface area contributed by atoms with Crippen LogP contribution in [0.25, 0.3) is 0 Å². The Morgan fingerprint density at radius 3 is 2.32 bits per heavy atom. The Morgan fingerprint density at radius 1 is 1.14 bits per heavy atom. The zero-order chi connectivity index (χ0) is 16.4. The third kappa shape index (κ3) is 5.34. The maximum absolute atomic E-state index is 12.3. The second kappa shape index (κ2) is 10.2. The molecule has 1 N–H and O–H groups in total. The number of ether oxygens (including phenoxy) is 2. The van der Waals surface area contributed by atoms with Crippen LogP contribution in [0.15, 0.2) is 24.3 Å². The van der Waals surface area contributed by atoms with Crippen LogP contribution >= 0.6 is 0 Å². The average Bonchev–Trinajstić information content (AvgIpc) is 2.55. The first-order valence-corrected chi connectivity index (χ1v) is 8.11. The summed E-state index contributed by atoms with van der Waals surface area (Å²) in [6, 6.07) is 7.74. The van der Waals surface area contributed by atoms with Gasteiger partial charge in [0.1, 0.15) is 11.9 Å². The van der Waals surface area contributed by atoms with E-state index in [1.807, 2.05) is 24.3 Å². The van der Waals surface area contributed by atoms with E-state index in [-0.39, 0.29) is 17.9 Å². The Labute approximate surface area is 134 Å². The molecule has 4 nitrogen and oxygen atoms in total. The quantitative estimate of drug-likeness (QED) is 0.716. The molecule has 0 aliphatic heterocycles. The molecule has 1 aromatic carbocycles. The number of carbonyl (C=O) groups is 1. The largest absolute Gasteiger partial charge is 0.496 e. The molecular weight excluding hydrogens is 278 g/mol. The van der Waals surface area contributed by atoms with E-state index in [9.17, 15) is 4.79 Å². The monoisotopic (exact) mass is 307 g/mol. The van der Waals surface area contributed by atoms with E-state index >= 15 is 0 Å². The molecule has 0 saturated carbocycles. The highest BCUT2D eigenvalue weighted by molar-refractivity contribution is 5.78. The Bertz CT molecular complexity index is 442. The van der Waals surface area contributed by atoms with Crippen molar-refractivity contribution in [2.45, 2.75) is 45.6 Å². The highest BCUT2D eigenvalue weighted by Gasteiger charge is 2.20. The Hall–Kier alpha value is -1.55. The number of methoxy groups -OCH3 is 2. The van der Waals surface area contributed by atoms with Gasteiger partial charge in [-0.25, -0.2) is 0 Å². The third-order valence-electron chi connectivity index (χ3n) is 3.88. The van der Waals surface area contributed by atoms with Gasteiger partial charge in [0, 0.05) is 25.1 Å². The molecule has 0 radical (unpaired) electrons. The normalized spacial score (nSPS) is 12.2. The lowest BCUT2D eigenvalue weighted by Gasteiger charge is -2.21. The first-order chi connectivity index (χ1) is 10.7. The number of nitrogens with one attached hydrogen (secondary N) is 1. The van der Waals surface area contributed by atoms with Gasteiger partial charge in [0.2, 0.25) is 5.91 Å². The fourth-order valence-electron chi connectivity index (χ4n) is 2.69. The molecule has 0 aliphatic rings. The number of hydrogen-bond acceptors (Lipinski definition) is 3. The molecule has 0 aliphatic carbocycles. The van der Waals surface area contributed by atoms with Crippen molar-refractivity contribution in [2.24, 2.45) is 5.92 Å². The summed E-state index contributed by atoms with van der Waals surface area (Å²) in [5, 5.41) is 3.03. The van der Waals surface area contributed by atoms with E-state index in [0.29, 0.717) is 6.54 Å². The standard InChI is InChI=1S/C18H29NO3/c1-5-9-14(10-6-2)18(20)19-13-17(22-4)15-11-7-8-12-16(15)21-3/h7-8,11-12,14,17H,5-6,9-10,13H2,1-4H3,(H,19,20). The summed E-state index contributed by atoms with van der Waals surface area (Å²) in [6.07, 6.45) is 3.72. The third-order valence-corrected chi connectivity index (χ3v) is 3.88. The zero-order valence-corrected chi connectivity index (χ0v) is 14.2. The van der Waals surface area contributed by atoms with Crippen molar-refractivity contribution in [3.8, 4) is 5.75 Å². The summed E-state index contributed by atoms with van der Waals surface area (Å²) in [5.41, 5.74) is 0.954. The summed E-state index contributed by atoms with van der Waals surface area (Å²) in [7, 11) is 3.29. The van der Waals surface area contributed by atoms with Gasteiger partial charge in [-0.1, -0.05) is 44.9 Å². The predicted molar refractivity (Wildman–Crippen MR) is 89.1 cm³/mol. The average molecular weight is 307 g/mol. The van der Waals surface area contributed by atoms with Crippen LogP contribution in [0.5, 0.6) is 5.75 Å². The van der Waals surface area contributed by atoms with Crippen molar-refractivity contribution in [3.63, 3.8) is 0 Å². The Morgan fingerprint density at radius 2 is 1.77 bits per heavy atom. The van der Waals surface area contributed by atoms with Gasteiger partial charge in [0.15, 0.2) is 0 Å². The van der Waals surface area contributed by atoms with Gasteiger partial charge in [-0.2, -0.15) is 0 Å². The van der Waals surface area contributed by atoms with Crippen molar-refractivity contribution in [1.82, 2.24) is 5.32 Å². The van der Waals surface area contributed by atoms with E-state index in [1.165, 1.54) is 0 Å². The minimum absolute atomic E-state index is 0.102. The number of amides is 1. The fourth-order valence-corrected chi connectivity index (χ4v) is 2.69. The number of carbonyl (C=O) groups excluding carboxylic acids is 1. The Balaban J connectivity index is 2.68. The highest BCUT2D eigenvalue weighted by Crippen LogP contribution is 2.26. The Kier molecular flexibility index (Phi) is 8.60. The van der Waals surface area contributed by atoms with Crippen molar-refractivity contribution in [1.29, 1.82) is 0 Å². The van der Waals surface area contributed by atoms with Crippen molar-refractivity contribution < 1.29 is 14.3 Å². The van der Waals surface area contributed by atoms with Gasteiger partial charge in [-0.15, -0.1) is 0 Å². The van der Waals surface area contributed by atoms with Gasteiger partial charge >= 0.3 is 0 Å². The lowest BCUT2D eigenvalue weighted by atomic mass is 9.97. The molecule has 0 spiro atoms. The molecule has 22 heavy (non-hydrogen) atoms. The number of benzene rings is 1. The molecule has 1 unspecified atom stereocenters. The van der Waals surface area contributed by atoms with E-state index in [1.54, 1.807) is 14.2 Å². The molecule has 1 aromatic rings. The van der Waals surface area contributed by atoms with Crippen LogP contribution in [-0.2, 0) is 9.53 Å². The van der Waals surface area contributed by atoms with Gasteiger partial charge in [-0.3, -0.25) is 4.79 Å². The molecule has 124 valence electrons. The second-order valence-electron chi connectivity index (χ2n) is 5.49. The smallest absolute Gasteiger partial charge is 0.223 e. The van der Waals surface area contributed by atoms with Gasteiger partial charge in [0.25, 0.3) is 0 Å². The van der Waals surface area contributed by atoms with Crippen LogP contribution < -0.4 is 10.1 Å². The molecule has 0 bridgehead atoms. The molecule has 0 aromatic heterocycles. The lowest BCUT2D eigenvalue weighted by molar-refractivity contribution is -0.126. The maximum Gasteiger partial charge on any atom is 0.223 e. The first-order valence-electron chi connectivity index (χ1n) is 8.11. The molecule has 4 heteroatoms. The molecule has 0 saturated heterocycles. The highest BCUT2D eigenvalue weighted by atomic mass is 16.5. The van der Waals surface area contributed by atoms with Crippen LogP contribution in [0.4, 0.5) is 0 Å². The van der Waals surface area contributed by atoms with Crippen molar-refractivity contribution >= 4 is 5.91 Å². The molecule has 1 amide bonds.